The number of aromatic nitrogens is 2. The Labute approximate surface area is 151 Å². The van der Waals surface area contributed by atoms with Crippen molar-refractivity contribution in [3.63, 3.8) is 0 Å². The molecule has 8 nitrogen and oxygen atoms in total. The van der Waals surface area contributed by atoms with E-state index in [4.69, 9.17) is 21.1 Å². The van der Waals surface area contributed by atoms with Crippen molar-refractivity contribution in [1.82, 2.24) is 9.97 Å². The molecule has 2 aromatic rings. The van der Waals surface area contributed by atoms with Crippen LogP contribution in [0.4, 0.5) is 10.1 Å². The number of hydrogen-bond acceptors (Lipinski definition) is 8. The topological polar surface area (TPSA) is 124 Å². The van der Waals surface area contributed by atoms with Crippen molar-refractivity contribution in [3.05, 3.63) is 42.0 Å². The summed E-state index contributed by atoms with van der Waals surface area (Å²) < 4.78 is 18.3. The van der Waals surface area contributed by atoms with Crippen LogP contribution in [0.3, 0.4) is 0 Å². The van der Waals surface area contributed by atoms with Gasteiger partial charge in [-0.15, -0.1) is 0 Å². The number of halogens is 1. The molecule has 0 aliphatic carbocycles. The fourth-order valence-corrected chi connectivity index (χ4v) is 2.43. The molecule has 2 N–H and O–H groups in total. The van der Waals surface area contributed by atoms with Crippen LogP contribution in [0.1, 0.15) is 5.56 Å². The van der Waals surface area contributed by atoms with Gasteiger partial charge in [-0.25, -0.2) is 24.9 Å². The van der Waals surface area contributed by atoms with Crippen LogP contribution in [0, 0.1) is 29.5 Å². The van der Waals surface area contributed by atoms with Crippen LogP contribution < -0.4 is 10.7 Å². The second-order valence-corrected chi connectivity index (χ2v) is 4.88. The van der Waals surface area contributed by atoms with Crippen molar-refractivity contribution in [1.29, 1.82) is 10.5 Å². The molecule has 0 amide bonds. The lowest BCUT2D eigenvalue weighted by atomic mass is 10.1. The van der Waals surface area contributed by atoms with Gasteiger partial charge >= 0.3 is 0 Å². The molecule has 9 heteroatoms. The zero-order valence-corrected chi connectivity index (χ0v) is 14.0. The summed E-state index contributed by atoms with van der Waals surface area (Å²) in [6.07, 6.45) is 3.89. The molecule has 134 valence electrons. The first-order chi connectivity index (χ1) is 12.8. The van der Waals surface area contributed by atoms with E-state index in [9.17, 15) is 4.39 Å². The Kier molecular flexibility index (Phi) is 8.73. The maximum atomic E-state index is 12.9. The van der Waals surface area contributed by atoms with Crippen LogP contribution in [-0.2, 0) is 4.74 Å². The van der Waals surface area contributed by atoms with Crippen LogP contribution >= 0.6 is 0 Å². The molecule has 0 unspecified atom stereocenters. The summed E-state index contributed by atoms with van der Waals surface area (Å²) in [5.74, 6) is 5.31. The van der Waals surface area contributed by atoms with E-state index in [1.807, 2.05) is 18.2 Å². The van der Waals surface area contributed by atoms with E-state index in [-0.39, 0.29) is 0 Å². The Morgan fingerprint density at radius 1 is 1.15 bits per heavy atom. The lowest BCUT2D eigenvalue weighted by Crippen LogP contribution is -2.36. The highest BCUT2D eigenvalue weighted by molar-refractivity contribution is 5.90. The van der Waals surface area contributed by atoms with Crippen molar-refractivity contribution in [2.24, 2.45) is 10.9 Å². The fourth-order valence-electron chi connectivity index (χ4n) is 2.43. The van der Waals surface area contributed by atoms with Gasteiger partial charge in [0.25, 0.3) is 0 Å². The standard InChI is InChI=1S/C15H16FN5O.2CHN/c16-13-9-18-15(19-10-13)11-1-2-14(12(7-11)8-20-17)21-3-5-22-6-4-21;2*1-2/h1-2,7-10H,3-6,17H2;2*1H. The molecule has 0 atom stereocenters. The van der Waals surface area contributed by atoms with Gasteiger partial charge in [-0.2, -0.15) is 5.10 Å². The molecular formula is C17H18FN7O. The summed E-state index contributed by atoms with van der Waals surface area (Å²) in [7, 11) is 0. The van der Waals surface area contributed by atoms with Gasteiger partial charge in [0.1, 0.15) is 0 Å². The number of anilines is 1. The Hall–Kier alpha value is -3.56. The number of nitrogens with two attached hydrogens (primary N) is 1. The smallest absolute Gasteiger partial charge is 0.159 e. The maximum absolute atomic E-state index is 12.9. The number of ether oxygens (including phenoxy) is 1. The summed E-state index contributed by atoms with van der Waals surface area (Å²) in [5, 5.41) is 16.6. The average Bonchev–Trinajstić information content (AvgIpc) is 2.72. The van der Waals surface area contributed by atoms with Crippen LogP contribution in [0.5, 0.6) is 0 Å². The van der Waals surface area contributed by atoms with E-state index in [2.05, 4.69) is 33.1 Å². The summed E-state index contributed by atoms with van der Waals surface area (Å²) in [6.45, 7) is 10.0. The summed E-state index contributed by atoms with van der Waals surface area (Å²) in [4.78, 5) is 10.2. The minimum Gasteiger partial charge on any atom is -0.378 e. The van der Waals surface area contributed by atoms with Gasteiger partial charge in [-0.05, 0) is 18.2 Å². The van der Waals surface area contributed by atoms with E-state index < -0.39 is 5.82 Å². The highest BCUT2D eigenvalue weighted by Crippen LogP contribution is 2.25. The Balaban J connectivity index is 0.000000791. The molecule has 1 aromatic carbocycles. The zero-order valence-electron chi connectivity index (χ0n) is 14.0. The Morgan fingerprint density at radius 2 is 1.77 bits per heavy atom. The van der Waals surface area contributed by atoms with Gasteiger partial charge in [0.2, 0.25) is 0 Å². The molecule has 2 heterocycles. The van der Waals surface area contributed by atoms with Gasteiger partial charge in [-0.3, -0.25) is 0 Å². The Bertz CT molecular complexity index is 747. The van der Waals surface area contributed by atoms with E-state index in [1.54, 1.807) is 6.21 Å². The predicted molar refractivity (Wildman–Crippen MR) is 95.6 cm³/mol. The van der Waals surface area contributed by atoms with Crippen molar-refractivity contribution < 1.29 is 9.13 Å². The highest BCUT2D eigenvalue weighted by Gasteiger charge is 2.15. The quantitative estimate of drug-likeness (QED) is 0.504. The molecule has 26 heavy (non-hydrogen) atoms. The molecule has 0 saturated carbocycles. The summed E-state index contributed by atoms with van der Waals surface area (Å²) in [5.41, 5.74) is 2.69. The first kappa shape index (κ1) is 20.5. The van der Waals surface area contributed by atoms with E-state index in [0.717, 1.165) is 42.3 Å². The second kappa shape index (κ2) is 11.1. The molecule has 0 radical (unpaired) electrons. The van der Waals surface area contributed by atoms with Gasteiger partial charge in [0.05, 0.1) is 31.8 Å². The monoisotopic (exact) mass is 355 g/mol. The second-order valence-electron chi connectivity index (χ2n) is 4.88. The molecule has 1 saturated heterocycles. The number of hydrazone groups is 1. The molecule has 1 aromatic heterocycles. The molecule has 1 fully saturated rings. The molecule has 0 bridgehead atoms. The molecule has 3 rings (SSSR count). The maximum Gasteiger partial charge on any atom is 0.159 e. The van der Waals surface area contributed by atoms with E-state index >= 15 is 0 Å². The summed E-state index contributed by atoms with van der Waals surface area (Å²) >= 11 is 0. The number of hydrogen-bond donors (Lipinski definition) is 1. The average molecular weight is 355 g/mol. The van der Waals surface area contributed by atoms with E-state index in [1.165, 1.54) is 0 Å². The van der Waals surface area contributed by atoms with Gasteiger partial charge in [0, 0.05) is 43.0 Å². The third kappa shape index (κ3) is 5.23. The first-order valence-electron chi connectivity index (χ1n) is 7.47. The largest absolute Gasteiger partial charge is 0.378 e. The number of nitriles is 2. The Morgan fingerprint density at radius 3 is 2.35 bits per heavy atom. The van der Waals surface area contributed by atoms with Crippen molar-refractivity contribution in [2.75, 3.05) is 31.2 Å². The van der Waals surface area contributed by atoms with Crippen molar-refractivity contribution in [2.45, 2.75) is 0 Å². The van der Waals surface area contributed by atoms with Crippen molar-refractivity contribution >= 4 is 11.9 Å². The third-order valence-electron chi connectivity index (χ3n) is 3.47. The normalized spacial score (nSPS) is 13.2. The molecule has 0 spiro atoms. The molecule has 1 aliphatic rings. The highest BCUT2D eigenvalue weighted by atomic mass is 19.1. The predicted octanol–water partition coefficient (Wildman–Crippen LogP) is 1.69. The molecular weight excluding hydrogens is 337 g/mol. The lowest BCUT2D eigenvalue weighted by molar-refractivity contribution is 0.122. The van der Waals surface area contributed by atoms with E-state index in [0.29, 0.717) is 19.0 Å². The number of nitrogens with zero attached hydrogens (tertiary/aromatic N) is 6. The molecule has 1 aliphatic heterocycles. The van der Waals surface area contributed by atoms with Gasteiger partial charge in [-0.1, -0.05) is 0 Å². The number of rotatable bonds is 3. The lowest BCUT2D eigenvalue weighted by Gasteiger charge is -2.30. The van der Waals surface area contributed by atoms with Crippen LogP contribution in [0.2, 0.25) is 0 Å². The van der Waals surface area contributed by atoms with Gasteiger partial charge in [0.15, 0.2) is 11.6 Å². The third-order valence-corrected chi connectivity index (χ3v) is 3.47. The minimum absolute atomic E-state index is 0.460. The number of benzene rings is 1. The SMILES string of the molecule is C#N.C#N.NN=Cc1cc(-c2ncc(F)cn2)ccc1N1CCOCC1. The van der Waals surface area contributed by atoms with Crippen LogP contribution in [0.15, 0.2) is 35.7 Å². The van der Waals surface area contributed by atoms with Crippen molar-refractivity contribution in [3.8, 4) is 24.5 Å². The number of morpholine rings is 1. The van der Waals surface area contributed by atoms with Gasteiger partial charge < -0.3 is 15.5 Å². The minimum atomic E-state index is -0.461. The fraction of sp³-hybridized carbons (Fsp3) is 0.235. The van der Waals surface area contributed by atoms with Crippen LogP contribution in [-0.4, -0.2) is 42.5 Å². The first-order valence-corrected chi connectivity index (χ1v) is 7.47. The van der Waals surface area contributed by atoms with Crippen LogP contribution in [0.25, 0.3) is 11.4 Å². The summed E-state index contributed by atoms with van der Waals surface area (Å²) in [6, 6.07) is 5.78. The zero-order chi connectivity index (χ0) is 19.4.